The number of aromatic nitrogens is 1. The summed E-state index contributed by atoms with van der Waals surface area (Å²) < 4.78 is 0. The van der Waals surface area contributed by atoms with E-state index >= 15 is 0 Å². The van der Waals surface area contributed by atoms with Crippen LogP contribution >= 0.6 is 0 Å². The summed E-state index contributed by atoms with van der Waals surface area (Å²) in [7, 11) is 0. The lowest BCUT2D eigenvalue weighted by atomic mass is 9.98. The van der Waals surface area contributed by atoms with Crippen molar-refractivity contribution < 1.29 is 4.79 Å². The van der Waals surface area contributed by atoms with E-state index < -0.39 is 5.91 Å². The summed E-state index contributed by atoms with van der Waals surface area (Å²) in [5, 5.41) is 3.43. The van der Waals surface area contributed by atoms with Crippen LogP contribution in [-0.4, -0.2) is 16.4 Å². The zero-order valence-electron chi connectivity index (χ0n) is 9.66. The number of anilines is 1. The maximum Gasteiger partial charge on any atom is 0.267 e. The van der Waals surface area contributed by atoms with Gasteiger partial charge in [0, 0.05) is 17.4 Å². The van der Waals surface area contributed by atoms with E-state index in [0.717, 1.165) is 11.6 Å². The monoisotopic (exact) mass is 219 g/mol. The molecule has 1 saturated carbocycles. The van der Waals surface area contributed by atoms with Gasteiger partial charge in [0.15, 0.2) is 0 Å². The number of carbonyl (C=O) groups is 1. The third-order valence-corrected chi connectivity index (χ3v) is 3.08. The Kier molecular flexibility index (Phi) is 2.58. The Bertz CT molecular complexity index is 410. The standard InChI is InChI=1S/C12H17N3O/c1-12(2,8-3-4-8)15-9-5-6-14-10(7-9)11(13)16/h5-8H,3-4H2,1-2H3,(H2,13,16)(H,14,15). The van der Waals surface area contributed by atoms with Gasteiger partial charge in [0.2, 0.25) is 0 Å². The van der Waals surface area contributed by atoms with Gasteiger partial charge in [-0.15, -0.1) is 0 Å². The van der Waals surface area contributed by atoms with Crippen LogP contribution in [0.4, 0.5) is 5.69 Å². The van der Waals surface area contributed by atoms with E-state index in [4.69, 9.17) is 5.73 Å². The number of nitrogens with one attached hydrogen (secondary N) is 1. The largest absolute Gasteiger partial charge is 0.380 e. The zero-order valence-corrected chi connectivity index (χ0v) is 9.66. The number of primary amides is 1. The molecule has 4 heteroatoms. The molecule has 1 aromatic rings. The highest BCUT2D eigenvalue weighted by atomic mass is 16.1. The van der Waals surface area contributed by atoms with Crippen molar-refractivity contribution in [3.63, 3.8) is 0 Å². The van der Waals surface area contributed by atoms with Crippen molar-refractivity contribution in [1.29, 1.82) is 0 Å². The first-order chi connectivity index (χ1) is 7.49. The highest BCUT2D eigenvalue weighted by Gasteiger charge is 2.37. The summed E-state index contributed by atoms with van der Waals surface area (Å²) in [5.74, 6) is 0.227. The molecule has 3 N–H and O–H groups in total. The molecule has 0 spiro atoms. The van der Waals surface area contributed by atoms with Crippen LogP contribution < -0.4 is 11.1 Å². The summed E-state index contributed by atoms with van der Waals surface area (Å²) >= 11 is 0. The molecule has 1 aromatic heterocycles. The maximum atomic E-state index is 11.0. The number of pyridine rings is 1. The van der Waals surface area contributed by atoms with Crippen molar-refractivity contribution in [3.8, 4) is 0 Å². The van der Waals surface area contributed by atoms with Crippen LogP contribution in [-0.2, 0) is 0 Å². The molecule has 0 aliphatic heterocycles. The van der Waals surface area contributed by atoms with Crippen LogP contribution in [0.2, 0.25) is 0 Å². The third-order valence-electron chi connectivity index (χ3n) is 3.08. The highest BCUT2D eigenvalue weighted by Crippen LogP contribution is 2.41. The molecule has 1 aliphatic rings. The molecule has 1 heterocycles. The average molecular weight is 219 g/mol. The minimum atomic E-state index is -0.493. The summed E-state index contributed by atoms with van der Waals surface area (Å²) in [5.41, 5.74) is 6.46. The Morgan fingerprint density at radius 3 is 2.81 bits per heavy atom. The molecule has 0 atom stereocenters. The van der Waals surface area contributed by atoms with Gasteiger partial charge in [0.1, 0.15) is 5.69 Å². The van der Waals surface area contributed by atoms with Gasteiger partial charge in [0.25, 0.3) is 5.91 Å². The normalized spacial score (nSPS) is 15.9. The molecule has 0 bridgehead atoms. The van der Waals surface area contributed by atoms with Crippen LogP contribution in [0, 0.1) is 5.92 Å². The zero-order chi connectivity index (χ0) is 11.8. The summed E-state index contributed by atoms with van der Waals surface area (Å²) in [6, 6.07) is 3.56. The van der Waals surface area contributed by atoms with Gasteiger partial charge < -0.3 is 11.1 Å². The van der Waals surface area contributed by atoms with Crippen LogP contribution in [0.5, 0.6) is 0 Å². The molecular weight excluding hydrogens is 202 g/mol. The number of nitrogens with two attached hydrogens (primary N) is 1. The van der Waals surface area contributed by atoms with Crippen LogP contribution in [0.25, 0.3) is 0 Å². The second-order valence-electron chi connectivity index (χ2n) is 4.91. The Balaban J connectivity index is 2.14. The van der Waals surface area contributed by atoms with Gasteiger partial charge in [-0.05, 0) is 44.7 Å². The molecule has 0 saturated heterocycles. The minimum Gasteiger partial charge on any atom is -0.380 e. The van der Waals surface area contributed by atoms with E-state index in [2.05, 4.69) is 24.1 Å². The fourth-order valence-corrected chi connectivity index (χ4v) is 1.92. The van der Waals surface area contributed by atoms with Crippen molar-refractivity contribution in [1.82, 2.24) is 4.98 Å². The number of nitrogens with zero attached hydrogens (tertiary/aromatic N) is 1. The number of hydrogen-bond acceptors (Lipinski definition) is 3. The molecular formula is C12H17N3O. The molecule has 16 heavy (non-hydrogen) atoms. The lowest BCUT2D eigenvalue weighted by molar-refractivity contribution is 0.0995. The molecule has 1 amide bonds. The van der Waals surface area contributed by atoms with Crippen LogP contribution in [0.1, 0.15) is 37.2 Å². The first-order valence-electron chi connectivity index (χ1n) is 5.53. The van der Waals surface area contributed by atoms with Gasteiger partial charge in [0.05, 0.1) is 0 Å². The fourth-order valence-electron chi connectivity index (χ4n) is 1.92. The Labute approximate surface area is 95.3 Å². The second kappa shape index (κ2) is 3.77. The van der Waals surface area contributed by atoms with Crippen molar-refractivity contribution in [2.24, 2.45) is 11.7 Å². The van der Waals surface area contributed by atoms with Gasteiger partial charge in [-0.25, -0.2) is 0 Å². The molecule has 0 radical (unpaired) electrons. The lowest BCUT2D eigenvalue weighted by Crippen LogP contribution is -2.33. The summed E-state index contributed by atoms with van der Waals surface area (Å²) in [6.07, 6.45) is 4.15. The average Bonchev–Trinajstić information content (AvgIpc) is 3.00. The van der Waals surface area contributed by atoms with E-state index in [1.54, 1.807) is 12.3 Å². The lowest BCUT2D eigenvalue weighted by Gasteiger charge is -2.27. The Morgan fingerprint density at radius 2 is 2.25 bits per heavy atom. The summed E-state index contributed by atoms with van der Waals surface area (Å²) in [6.45, 7) is 4.35. The highest BCUT2D eigenvalue weighted by molar-refractivity contribution is 5.91. The quantitative estimate of drug-likeness (QED) is 0.811. The molecule has 4 nitrogen and oxygen atoms in total. The summed E-state index contributed by atoms with van der Waals surface area (Å²) in [4.78, 5) is 14.9. The van der Waals surface area contributed by atoms with Gasteiger partial charge in [-0.1, -0.05) is 0 Å². The van der Waals surface area contributed by atoms with Crippen LogP contribution in [0.3, 0.4) is 0 Å². The van der Waals surface area contributed by atoms with Crippen molar-refractivity contribution in [2.75, 3.05) is 5.32 Å². The predicted molar refractivity (Wildman–Crippen MR) is 63.2 cm³/mol. The molecule has 0 unspecified atom stereocenters. The SMILES string of the molecule is CC(C)(Nc1ccnc(C(N)=O)c1)C1CC1. The van der Waals surface area contributed by atoms with E-state index in [1.165, 1.54) is 12.8 Å². The van der Waals surface area contributed by atoms with Gasteiger partial charge in [-0.2, -0.15) is 0 Å². The van der Waals surface area contributed by atoms with E-state index in [0.29, 0.717) is 5.69 Å². The molecule has 86 valence electrons. The smallest absolute Gasteiger partial charge is 0.267 e. The van der Waals surface area contributed by atoms with E-state index in [-0.39, 0.29) is 5.54 Å². The van der Waals surface area contributed by atoms with Gasteiger partial charge >= 0.3 is 0 Å². The molecule has 1 aliphatic carbocycles. The topological polar surface area (TPSA) is 68.0 Å². The molecule has 2 rings (SSSR count). The van der Waals surface area contributed by atoms with Crippen molar-refractivity contribution >= 4 is 11.6 Å². The number of amides is 1. The predicted octanol–water partition coefficient (Wildman–Crippen LogP) is 1.78. The first-order valence-corrected chi connectivity index (χ1v) is 5.53. The second-order valence-corrected chi connectivity index (χ2v) is 4.91. The third kappa shape index (κ3) is 2.32. The maximum absolute atomic E-state index is 11.0. The Hall–Kier alpha value is -1.58. The number of carbonyl (C=O) groups excluding carboxylic acids is 1. The van der Waals surface area contributed by atoms with E-state index in [1.807, 2.05) is 6.07 Å². The fraction of sp³-hybridized carbons (Fsp3) is 0.500. The molecule has 1 fully saturated rings. The van der Waals surface area contributed by atoms with E-state index in [9.17, 15) is 4.79 Å². The first kappa shape index (κ1) is 10.9. The number of hydrogen-bond donors (Lipinski definition) is 2. The minimum absolute atomic E-state index is 0.0657. The van der Waals surface area contributed by atoms with Gasteiger partial charge in [-0.3, -0.25) is 9.78 Å². The molecule has 0 aromatic carbocycles. The van der Waals surface area contributed by atoms with Crippen molar-refractivity contribution in [2.45, 2.75) is 32.2 Å². The number of rotatable bonds is 4. The van der Waals surface area contributed by atoms with Crippen LogP contribution in [0.15, 0.2) is 18.3 Å². The van der Waals surface area contributed by atoms with Crippen molar-refractivity contribution in [3.05, 3.63) is 24.0 Å². The Morgan fingerprint density at radius 1 is 1.56 bits per heavy atom.